The van der Waals surface area contributed by atoms with E-state index in [2.05, 4.69) is 15.5 Å². The van der Waals surface area contributed by atoms with E-state index in [4.69, 9.17) is 9.66 Å². The molecule has 3 N–H and O–H groups in total. The Balaban J connectivity index is 1.37. The number of amides is 3. The smallest absolute Gasteiger partial charge is 0.294 e. The van der Waals surface area contributed by atoms with Crippen LogP contribution in [-0.2, 0) is 19.6 Å². The number of aryl methyl sites for hydroxylation is 1. The number of rotatable bonds is 5. The van der Waals surface area contributed by atoms with Crippen molar-refractivity contribution in [2.24, 2.45) is 5.14 Å². The number of hydrogen-bond donors (Lipinski definition) is 2. The molecule has 2 aliphatic rings. The van der Waals surface area contributed by atoms with Crippen molar-refractivity contribution in [1.82, 2.24) is 15.0 Å². The van der Waals surface area contributed by atoms with Crippen LogP contribution in [0.3, 0.4) is 0 Å². The van der Waals surface area contributed by atoms with Gasteiger partial charge in [-0.3, -0.25) is 19.3 Å². The summed E-state index contributed by atoms with van der Waals surface area (Å²) in [6, 6.07) is 5.25. The van der Waals surface area contributed by atoms with Crippen molar-refractivity contribution < 1.29 is 27.3 Å². The Morgan fingerprint density at radius 2 is 1.91 bits per heavy atom. The first-order valence-electron chi connectivity index (χ1n) is 10.1. The second kappa shape index (κ2) is 9.08. The third kappa shape index (κ3) is 5.15. The maximum absolute atomic E-state index is 12.8. The Kier molecular flexibility index (Phi) is 6.36. The van der Waals surface area contributed by atoms with Gasteiger partial charge < -0.3 is 9.84 Å². The standard InChI is InChI=1S/C20H21N5O6S2/c1-11-22-18(24-31-11)13-4-2-12(3-5-13)17-19(27)25(20(28)32-17)10-16(26)23-14-6-8-15(9-7-14)33(21,29)30/h6-9,13H,2-5,10H2,1H3,(H,23,26)(H2,21,29,30). The van der Waals surface area contributed by atoms with E-state index in [-0.39, 0.29) is 10.8 Å². The summed E-state index contributed by atoms with van der Waals surface area (Å²) in [6.45, 7) is 1.29. The average molecular weight is 492 g/mol. The van der Waals surface area contributed by atoms with Crippen LogP contribution in [-0.4, -0.2) is 47.1 Å². The number of hydrogen-bond acceptors (Lipinski definition) is 9. The Morgan fingerprint density at radius 3 is 2.48 bits per heavy atom. The number of benzene rings is 1. The van der Waals surface area contributed by atoms with Crippen molar-refractivity contribution in [3.63, 3.8) is 0 Å². The predicted octanol–water partition coefficient (Wildman–Crippen LogP) is 2.27. The van der Waals surface area contributed by atoms with Crippen LogP contribution in [0, 0.1) is 6.92 Å². The van der Waals surface area contributed by atoms with Crippen LogP contribution >= 0.6 is 11.8 Å². The van der Waals surface area contributed by atoms with E-state index in [1.807, 2.05) is 0 Å². The average Bonchev–Trinajstić information content (AvgIpc) is 3.32. The number of carbonyl (C=O) groups is 3. The monoisotopic (exact) mass is 491 g/mol. The lowest BCUT2D eigenvalue weighted by atomic mass is 9.85. The number of aromatic nitrogens is 2. The van der Waals surface area contributed by atoms with E-state index >= 15 is 0 Å². The lowest BCUT2D eigenvalue weighted by molar-refractivity contribution is -0.127. The molecule has 1 aliphatic heterocycles. The van der Waals surface area contributed by atoms with Crippen molar-refractivity contribution in [2.75, 3.05) is 11.9 Å². The van der Waals surface area contributed by atoms with E-state index in [0.717, 1.165) is 35.1 Å². The van der Waals surface area contributed by atoms with Gasteiger partial charge in [0, 0.05) is 18.5 Å². The lowest BCUT2D eigenvalue weighted by Crippen LogP contribution is -2.36. The maximum Gasteiger partial charge on any atom is 0.294 e. The van der Waals surface area contributed by atoms with E-state index in [1.165, 1.54) is 24.3 Å². The van der Waals surface area contributed by atoms with Crippen molar-refractivity contribution in [3.05, 3.63) is 46.5 Å². The van der Waals surface area contributed by atoms with Crippen LogP contribution in [0.15, 0.2) is 44.2 Å². The van der Waals surface area contributed by atoms with Gasteiger partial charge in [-0.15, -0.1) is 0 Å². The van der Waals surface area contributed by atoms with Gasteiger partial charge in [0.15, 0.2) is 5.82 Å². The van der Waals surface area contributed by atoms with Gasteiger partial charge in [-0.2, -0.15) is 4.98 Å². The quantitative estimate of drug-likeness (QED) is 0.597. The molecule has 2 fully saturated rings. The molecule has 0 radical (unpaired) electrons. The second-order valence-electron chi connectivity index (χ2n) is 7.76. The van der Waals surface area contributed by atoms with Gasteiger partial charge in [-0.1, -0.05) is 10.7 Å². The fourth-order valence-corrected chi connectivity index (χ4v) is 5.25. The summed E-state index contributed by atoms with van der Waals surface area (Å²) in [7, 11) is -3.85. The molecule has 1 aromatic heterocycles. The minimum atomic E-state index is -3.85. The molecule has 1 aromatic carbocycles. The Morgan fingerprint density at radius 1 is 1.24 bits per heavy atom. The Labute approximate surface area is 193 Å². The highest BCUT2D eigenvalue weighted by molar-refractivity contribution is 8.18. The summed E-state index contributed by atoms with van der Waals surface area (Å²) in [6.07, 6.45) is 2.76. The molecule has 0 spiro atoms. The molecule has 1 saturated carbocycles. The molecule has 1 aliphatic carbocycles. The normalized spacial score (nSPS) is 19.3. The van der Waals surface area contributed by atoms with Gasteiger partial charge in [-0.05, 0) is 61.7 Å². The molecule has 4 rings (SSSR count). The van der Waals surface area contributed by atoms with Crippen LogP contribution in [0.5, 0.6) is 0 Å². The number of anilines is 1. The van der Waals surface area contributed by atoms with Gasteiger partial charge in [0.1, 0.15) is 6.54 Å². The van der Waals surface area contributed by atoms with Crippen molar-refractivity contribution in [1.29, 1.82) is 0 Å². The SMILES string of the molecule is Cc1nc(C2CCC(=C3SC(=O)N(CC(=O)Nc4ccc(S(N)(=O)=O)cc4)C3=O)CC2)no1. The molecule has 13 heteroatoms. The summed E-state index contributed by atoms with van der Waals surface area (Å²) >= 11 is 0.849. The number of carbonyl (C=O) groups excluding carboxylic acids is 3. The Bertz CT molecular complexity index is 1240. The lowest BCUT2D eigenvalue weighted by Gasteiger charge is -2.22. The molecule has 174 valence electrons. The van der Waals surface area contributed by atoms with Gasteiger partial charge in [0.2, 0.25) is 21.8 Å². The number of nitrogens with zero attached hydrogens (tertiary/aromatic N) is 3. The summed E-state index contributed by atoms with van der Waals surface area (Å²) in [5.74, 6) is 0.257. The highest BCUT2D eigenvalue weighted by Crippen LogP contribution is 2.41. The van der Waals surface area contributed by atoms with Gasteiger partial charge in [0.25, 0.3) is 11.1 Å². The Hall–Kier alpha value is -3.03. The van der Waals surface area contributed by atoms with E-state index in [9.17, 15) is 22.8 Å². The van der Waals surface area contributed by atoms with Crippen molar-refractivity contribution in [2.45, 2.75) is 43.4 Å². The topological polar surface area (TPSA) is 166 Å². The third-order valence-electron chi connectivity index (χ3n) is 5.44. The number of imide groups is 1. The van der Waals surface area contributed by atoms with Crippen LogP contribution in [0.1, 0.15) is 43.3 Å². The van der Waals surface area contributed by atoms with E-state index < -0.39 is 33.6 Å². The fourth-order valence-electron chi connectivity index (χ4n) is 3.76. The number of allylic oxidation sites excluding steroid dienone is 1. The van der Waals surface area contributed by atoms with Crippen molar-refractivity contribution >= 4 is 44.5 Å². The van der Waals surface area contributed by atoms with Gasteiger partial charge in [0.05, 0.1) is 9.80 Å². The predicted molar refractivity (Wildman–Crippen MR) is 118 cm³/mol. The fraction of sp³-hybridized carbons (Fsp3) is 0.350. The van der Waals surface area contributed by atoms with Crippen LogP contribution in [0.25, 0.3) is 0 Å². The molecule has 1 saturated heterocycles. The molecule has 3 amide bonds. The summed E-state index contributed by atoms with van der Waals surface area (Å²) in [4.78, 5) is 43.1. The molecule has 0 bridgehead atoms. The van der Waals surface area contributed by atoms with Crippen molar-refractivity contribution in [3.8, 4) is 0 Å². The number of nitrogens with one attached hydrogen (secondary N) is 1. The molecular weight excluding hydrogens is 470 g/mol. The zero-order valence-corrected chi connectivity index (χ0v) is 19.2. The van der Waals surface area contributed by atoms with Crippen LogP contribution in [0.2, 0.25) is 0 Å². The largest absolute Gasteiger partial charge is 0.340 e. The van der Waals surface area contributed by atoms with E-state index in [1.54, 1.807) is 6.92 Å². The van der Waals surface area contributed by atoms with Crippen LogP contribution < -0.4 is 10.5 Å². The second-order valence-corrected chi connectivity index (χ2v) is 10.3. The molecule has 33 heavy (non-hydrogen) atoms. The minimum Gasteiger partial charge on any atom is -0.340 e. The zero-order chi connectivity index (χ0) is 23.8. The maximum atomic E-state index is 12.8. The number of primary sulfonamides is 1. The van der Waals surface area contributed by atoms with Gasteiger partial charge in [-0.25, -0.2) is 13.6 Å². The first-order chi connectivity index (χ1) is 15.6. The summed E-state index contributed by atoms with van der Waals surface area (Å²) < 4.78 is 27.7. The molecule has 2 aromatic rings. The van der Waals surface area contributed by atoms with Crippen LogP contribution in [0.4, 0.5) is 10.5 Å². The number of nitrogens with two attached hydrogens (primary N) is 1. The van der Waals surface area contributed by atoms with E-state index in [0.29, 0.717) is 35.1 Å². The first kappa shape index (κ1) is 23.1. The number of sulfonamides is 1. The molecule has 0 unspecified atom stereocenters. The zero-order valence-electron chi connectivity index (χ0n) is 17.6. The number of thioether (sulfide) groups is 1. The minimum absolute atomic E-state index is 0.0951. The third-order valence-corrected chi connectivity index (χ3v) is 7.43. The highest BCUT2D eigenvalue weighted by Gasteiger charge is 2.39. The molecule has 11 nitrogen and oxygen atoms in total. The summed E-state index contributed by atoms with van der Waals surface area (Å²) in [5, 5.41) is 11.1. The molecular formula is C20H21N5O6S2. The molecule has 2 heterocycles. The first-order valence-corrected chi connectivity index (χ1v) is 12.5. The van der Waals surface area contributed by atoms with Gasteiger partial charge >= 0.3 is 0 Å². The summed E-state index contributed by atoms with van der Waals surface area (Å²) in [5.41, 5.74) is 1.21. The highest BCUT2D eigenvalue weighted by atomic mass is 32.2. The molecule has 0 atom stereocenters.